The van der Waals surface area contributed by atoms with Gasteiger partial charge in [0.05, 0.1) is 4.90 Å². The molecule has 2 aromatic rings. The van der Waals surface area contributed by atoms with Crippen LogP contribution in [0.5, 0.6) is 0 Å². The van der Waals surface area contributed by atoms with E-state index >= 15 is 0 Å². The van der Waals surface area contributed by atoms with E-state index in [0.717, 1.165) is 29.5 Å². The number of urea groups is 1. The van der Waals surface area contributed by atoms with Crippen LogP contribution < -0.4 is 5.32 Å². The Bertz CT molecular complexity index is 1040. The molecule has 3 rings (SSSR count). The van der Waals surface area contributed by atoms with E-state index in [1.807, 2.05) is 32.9 Å². The molecule has 1 fully saturated rings. The summed E-state index contributed by atoms with van der Waals surface area (Å²) in [5.41, 5.74) is 3.40. The molecule has 2 aromatic carbocycles. The van der Waals surface area contributed by atoms with Crippen LogP contribution >= 0.6 is 0 Å². The first-order chi connectivity index (χ1) is 14.2. The van der Waals surface area contributed by atoms with Crippen molar-refractivity contribution in [2.24, 2.45) is 0 Å². The van der Waals surface area contributed by atoms with Crippen LogP contribution in [0.15, 0.2) is 47.4 Å². The van der Waals surface area contributed by atoms with Gasteiger partial charge in [-0.2, -0.15) is 0 Å². The Morgan fingerprint density at radius 3 is 2.27 bits per heavy atom. The second-order valence-corrected chi connectivity index (χ2v) is 9.46. The SMILES string of the molecule is Cc1ccc(S(=O)(=O)N(CC(=O)Nc2cccc(C)c2C)C(=O)N2CCCC2)cc1. The van der Waals surface area contributed by atoms with E-state index in [-0.39, 0.29) is 4.90 Å². The molecule has 8 heteroatoms. The molecule has 30 heavy (non-hydrogen) atoms. The molecule has 0 bridgehead atoms. The molecule has 3 amide bonds. The number of benzene rings is 2. The summed E-state index contributed by atoms with van der Waals surface area (Å²) in [6, 6.07) is 11.1. The fraction of sp³-hybridized carbons (Fsp3) is 0.364. The van der Waals surface area contributed by atoms with Crippen molar-refractivity contribution in [3.8, 4) is 0 Å². The summed E-state index contributed by atoms with van der Waals surface area (Å²) in [7, 11) is -4.18. The van der Waals surface area contributed by atoms with Gasteiger partial charge in [0.15, 0.2) is 0 Å². The zero-order chi connectivity index (χ0) is 21.9. The topological polar surface area (TPSA) is 86.8 Å². The Morgan fingerprint density at radius 2 is 1.63 bits per heavy atom. The van der Waals surface area contributed by atoms with E-state index < -0.39 is 28.5 Å². The number of hydrogen-bond acceptors (Lipinski definition) is 4. The molecule has 0 unspecified atom stereocenters. The van der Waals surface area contributed by atoms with Gasteiger partial charge >= 0.3 is 6.03 Å². The quantitative estimate of drug-likeness (QED) is 0.789. The van der Waals surface area contributed by atoms with Gasteiger partial charge in [0.25, 0.3) is 10.0 Å². The largest absolute Gasteiger partial charge is 0.334 e. The van der Waals surface area contributed by atoms with Crippen molar-refractivity contribution in [1.82, 2.24) is 9.21 Å². The number of aryl methyl sites for hydroxylation is 2. The first-order valence-electron chi connectivity index (χ1n) is 9.94. The molecule has 1 aliphatic heterocycles. The maximum Gasteiger partial charge on any atom is 0.334 e. The third kappa shape index (κ3) is 4.64. The van der Waals surface area contributed by atoms with Crippen molar-refractivity contribution in [1.29, 1.82) is 0 Å². The van der Waals surface area contributed by atoms with E-state index in [9.17, 15) is 18.0 Å². The Balaban J connectivity index is 1.89. The van der Waals surface area contributed by atoms with Crippen molar-refractivity contribution in [2.45, 2.75) is 38.5 Å². The van der Waals surface area contributed by atoms with Gasteiger partial charge in [0.2, 0.25) is 5.91 Å². The minimum atomic E-state index is -4.18. The summed E-state index contributed by atoms with van der Waals surface area (Å²) in [4.78, 5) is 27.3. The Labute approximate surface area is 177 Å². The maximum atomic E-state index is 13.2. The molecule has 0 saturated carbocycles. The van der Waals surface area contributed by atoms with Crippen LogP contribution in [0, 0.1) is 20.8 Å². The van der Waals surface area contributed by atoms with Crippen LogP contribution in [0.3, 0.4) is 0 Å². The van der Waals surface area contributed by atoms with Crippen LogP contribution in [-0.4, -0.2) is 49.2 Å². The fourth-order valence-electron chi connectivity index (χ4n) is 3.37. The summed E-state index contributed by atoms with van der Waals surface area (Å²) in [6.07, 6.45) is 1.64. The van der Waals surface area contributed by atoms with E-state index in [1.54, 1.807) is 18.2 Å². The number of amides is 3. The van der Waals surface area contributed by atoms with Gasteiger partial charge < -0.3 is 10.2 Å². The number of sulfonamides is 1. The lowest BCUT2D eigenvalue weighted by Gasteiger charge is -2.27. The number of nitrogens with zero attached hydrogens (tertiary/aromatic N) is 2. The molecule has 1 N–H and O–H groups in total. The van der Waals surface area contributed by atoms with Crippen molar-refractivity contribution < 1.29 is 18.0 Å². The number of hydrogen-bond donors (Lipinski definition) is 1. The van der Waals surface area contributed by atoms with Gasteiger partial charge in [-0.1, -0.05) is 29.8 Å². The highest BCUT2D eigenvalue weighted by Gasteiger charge is 2.35. The second-order valence-electron chi connectivity index (χ2n) is 7.60. The smallest absolute Gasteiger partial charge is 0.324 e. The average Bonchev–Trinajstić information content (AvgIpc) is 3.24. The molecule has 0 aromatic heterocycles. The highest BCUT2D eigenvalue weighted by atomic mass is 32.2. The lowest BCUT2D eigenvalue weighted by Crippen LogP contribution is -2.48. The maximum absolute atomic E-state index is 13.2. The molecule has 1 aliphatic rings. The van der Waals surface area contributed by atoms with Crippen molar-refractivity contribution in [2.75, 3.05) is 25.0 Å². The molecule has 0 radical (unpaired) electrons. The molecular formula is C22H27N3O4S. The standard InChI is InChI=1S/C22H27N3O4S/c1-16-9-11-19(12-10-16)30(28,29)25(22(27)24-13-4-5-14-24)15-21(26)23-20-8-6-7-17(2)18(20)3/h6-12H,4-5,13-15H2,1-3H3,(H,23,26). The monoisotopic (exact) mass is 429 g/mol. The molecule has 1 saturated heterocycles. The van der Waals surface area contributed by atoms with Gasteiger partial charge in [-0.25, -0.2) is 17.5 Å². The van der Waals surface area contributed by atoms with E-state index in [1.165, 1.54) is 17.0 Å². The number of likely N-dealkylation sites (tertiary alicyclic amines) is 1. The third-order valence-corrected chi connectivity index (χ3v) is 7.10. The normalized spacial score (nSPS) is 13.9. The number of rotatable bonds is 5. The van der Waals surface area contributed by atoms with E-state index in [0.29, 0.717) is 23.1 Å². The van der Waals surface area contributed by atoms with Gasteiger partial charge in [-0.05, 0) is 62.9 Å². The van der Waals surface area contributed by atoms with Crippen LogP contribution in [0.2, 0.25) is 0 Å². The van der Waals surface area contributed by atoms with Crippen molar-refractivity contribution in [3.05, 3.63) is 59.2 Å². The molecular weight excluding hydrogens is 402 g/mol. The second kappa shape index (κ2) is 8.87. The van der Waals surface area contributed by atoms with Crippen LogP contribution in [0.4, 0.5) is 10.5 Å². The highest BCUT2D eigenvalue weighted by molar-refractivity contribution is 7.89. The van der Waals surface area contributed by atoms with E-state index in [4.69, 9.17) is 0 Å². The number of carbonyl (C=O) groups is 2. The van der Waals surface area contributed by atoms with Gasteiger partial charge in [0.1, 0.15) is 6.54 Å². The van der Waals surface area contributed by atoms with Crippen molar-refractivity contribution in [3.63, 3.8) is 0 Å². The van der Waals surface area contributed by atoms with Crippen LogP contribution in [0.25, 0.3) is 0 Å². The number of anilines is 1. The predicted molar refractivity (Wildman–Crippen MR) is 116 cm³/mol. The Morgan fingerprint density at radius 1 is 1.00 bits per heavy atom. The molecule has 0 aliphatic carbocycles. The summed E-state index contributed by atoms with van der Waals surface area (Å²) >= 11 is 0. The Hall–Kier alpha value is -2.87. The van der Waals surface area contributed by atoms with Gasteiger partial charge in [-0.15, -0.1) is 0 Å². The first kappa shape index (κ1) is 21.8. The average molecular weight is 430 g/mol. The fourth-order valence-corrected chi connectivity index (χ4v) is 4.71. The molecule has 7 nitrogen and oxygen atoms in total. The van der Waals surface area contributed by atoms with Gasteiger partial charge in [0, 0.05) is 18.8 Å². The lowest BCUT2D eigenvalue weighted by atomic mass is 10.1. The van der Waals surface area contributed by atoms with Crippen LogP contribution in [0.1, 0.15) is 29.5 Å². The van der Waals surface area contributed by atoms with Crippen molar-refractivity contribution >= 4 is 27.6 Å². The molecule has 0 spiro atoms. The lowest BCUT2D eigenvalue weighted by molar-refractivity contribution is -0.116. The predicted octanol–water partition coefficient (Wildman–Crippen LogP) is 3.46. The van der Waals surface area contributed by atoms with Gasteiger partial charge in [-0.3, -0.25) is 4.79 Å². The third-order valence-electron chi connectivity index (χ3n) is 5.36. The first-order valence-corrected chi connectivity index (χ1v) is 11.4. The summed E-state index contributed by atoms with van der Waals surface area (Å²) in [6.45, 7) is 6.03. The van der Waals surface area contributed by atoms with Crippen LogP contribution in [-0.2, 0) is 14.8 Å². The molecule has 0 atom stereocenters. The molecule has 160 valence electrons. The molecule has 1 heterocycles. The zero-order valence-corrected chi connectivity index (χ0v) is 18.3. The zero-order valence-electron chi connectivity index (χ0n) is 17.5. The number of carbonyl (C=O) groups excluding carboxylic acids is 2. The minimum absolute atomic E-state index is 0.0137. The van der Waals surface area contributed by atoms with E-state index in [2.05, 4.69) is 5.32 Å². The minimum Gasteiger partial charge on any atom is -0.324 e. The highest BCUT2D eigenvalue weighted by Crippen LogP contribution is 2.22. The number of nitrogens with one attached hydrogen (secondary N) is 1. The summed E-state index contributed by atoms with van der Waals surface area (Å²) in [5, 5.41) is 2.74. The summed E-state index contributed by atoms with van der Waals surface area (Å²) < 4.78 is 27.2. The Kier molecular flexibility index (Phi) is 6.45. The summed E-state index contributed by atoms with van der Waals surface area (Å²) in [5.74, 6) is -0.563.